The second-order valence-electron chi connectivity index (χ2n) is 4.39. The van der Waals surface area contributed by atoms with Gasteiger partial charge in [0.2, 0.25) is 0 Å². The smallest absolute Gasteiger partial charge is 0.159 e. The van der Waals surface area contributed by atoms with Gasteiger partial charge in [0.15, 0.2) is 6.29 Å². The molecule has 0 atom stereocenters. The molecule has 0 unspecified atom stereocenters. The summed E-state index contributed by atoms with van der Waals surface area (Å²) in [6.07, 6.45) is 1.02. The van der Waals surface area contributed by atoms with Gasteiger partial charge in [0, 0.05) is 25.0 Å². The van der Waals surface area contributed by atoms with Crippen LogP contribution in [0.25, 0.3) is 0 Å². The molecular formula is C11H23NO2. The standard InChI is InChI=1S/C11H23NO2/c1-9(2)12(10(3)4)6-5-11-13-7-8-14-11/h9-11H,5-8H2,1-4H3. The lowest BCUT2D eigenvalue weighted by molar-refractivity contribution is -0.0544. The maximum absolute atomic E-state index is 5.41. The summed E-state index contributed by atoms with van der Waals surface area (Å²) in [6.45, 7) is 11.5. The molecule has 0 amide bonds. The minimum absolute atomic E-state index is 0.0370. The Labute approximate surface area is 87.4 Å². The molecule has 3 nitrogen and oxygen atoms in total. The van der Waals surface area contributed by atoms with Gasteiger partial charge in [0.25, 0.3) is 0 Å². The second kappa shape index (κ2) is 5.69. The van der Waals surface area contributed by atoms with Gasteiger partial charge < -0.3 is 9.47 Å². The maximum atomic E-state index is 5.41. The third-order valence-corrected chi connectivity index (χ3v) is 2.64. The van der Waals surface area contributed by atoms with Crippen LogP contribution in [0.2, 0.25) is 0 Å². The molecular weight excluding hydrogens is 178 g/mol. The molecule has 0 bridgehead atoms. The summed E-state index contributed by atoms with van der Waals surface area (Å²) in [5.74, 6) is 0. The Morgan fingerprint density at radius 1 is 1.07 bits per heavy atom. The summed E-state index contributed by atoms with van der Waals surface area (Å²) >= 11 is 0. The Hall–Kier alpha value is -0.120. The van der Waals surface area contributed by atoms with Gasteiger partial charge >= 0.3 is 0 Å². The fourth-order valence-electron chi connectivity index (χ4n) is 1.94. The molecule has 0 saturated carbocycles. The molecule has 1 heterocycles. The molecule has 1 rings (SSSR count). The van der Waals surface area contributed by atoms with Gasteiger partial charge in [-0.25, -0.2) is 0 Å². The topological polar surface area (TPSA) is 21.7 Å². The average molecular weight is 201 g/mol. The summed E-state index contributed by atoms with van der Waals surface area (Å²) in [5.41, 5.74) is 0. The molecule has 0 aromatic heterocycles. The molecule has 1 fully saturated rings. The van der Waals surface area contributed by atoms with Crippen LogP contribution in [-0.2, 0) is 9.47 Å². The van der Waals surface area contributed by atoms with E-state index >= 15 is 0 Å². The van der Waals surface area contributed by atoms with Crippen molar-refractivity contribution in [3.8, 4) is 0 Å². The van der Waals surface area contributed by atoms with E-state index in [0.717, 1.165) is 26.2 Å². The van der Waals surface area contributed by atoms with Crippen molar-refractivity contribution in [2.24, 2.45) is 0 Å². The van der Waals surface area contributed by atoms with Gasteiger partial charge in [0.1, 0.15) is 0 Å². The van der Waals surface area contributed by atoms with E-state index in [-0.39, 0.29) is 6.29 Å². The van der Waals surface area contributed by atoms with Crippen molar-refractivity contribution in [2.75, 3.05) is 19.8 Å². The fourth-order valence-corrected chi connectivity index (χ4v) is 1.94. The molecule has 84 valence electrons. The predicted octanol–water partition coefficient (Wildman–Crippen LogP) is 1.87. The Morgan fingerprint density at radius 3 is 2.00 bits per heavy atom. The first-order valence-corrected chi connectivity index (χ1v) is 5.60. The highest BCUT2D eigenvalue weighted by molar-refractivity contribution is 4.68. The summed E-state index contributed by atoms with van der Waals surface area (Å²) < 4.78 is 10.8. The van der Waals surface area contributed by atoms with Crippen LogP contribution in [0.15, 0.2) is 0 Å². The van der Waals surface area contributed by atoms with Crippen LogP contribution in [0.4, 0.5) is 0 Å². The zero-order valence-electron chi connectivity index (χ0n) is 9.82. The van der Waals surface area contributed by atoms with E-state index in [1.54, 1.807) is 0 Å². The van der Waals surface area contributed by atoms with Crippen LogP contribution in [0.5, 0.6) is 0 Å². The number of rotatable bonds is 5. The first-order chi connectivity index (χ1) is 6.61. The van der Waals surface area contributed by atoms with Crippen molar-refractivity contribution in [1.82, 2.24) is 4.90 Å². The number of hydrogen-bond donors (Lipinski definition) is 0. The number of hydrogen-bond acceptors (Lipinski definition) is 3. The minimum atomic E-state index is 0.0370. The lowest BCUT2D eigenvalue weighted by Gasteiger charge is -2.31. The Kier molecular flexibility index (Phi) is 4.85. The largest absolute Gasteiger partial charge is 0.350 e. The van der Waals surface area contributed by atoms with Crippen LogP contribution in [0, 0.1) is 0 Å². The van der Waals surface area contributed by atoms with E-state index in [4.69, 9.17) is 9.47 Å². The highest BCUT2D eigenvalue weighted by Crippen LogP contribution is 2.12. The molecule has 1 saturated heterocycles. The van der Waals surface area contributed by atoms with Crippen molar-refractivity contribution in [3.63, 3.8) is 0 Å². The Bertz CT molecular complexity index is 145. The molecule has 0 aliphatic carbocycles. The molecule has 3 heteroatoms. The van der Waals surface area contributed by atoms with Gasteiger partial charge in [-0.15, -0.1) is 0 Å². The molecule has 1 aliphatic heterocycles. The quantitative estimate of drug-likeness (QED) is 0.678. The van der Waals surface area contributed by atoms with E-state index in [1.165, 1.54) is 0 Å². The van der Waals surface area contributed by atoms with Gasteiger partial charge in [-0.05, 0) is 27.7 Å². The SMILES string of the molecule is CC(C)N(CCC1OCCO1)C(C)C. The molecule has 0 radical (unpaired) electrons. The lowest BCUT2D eigenvalue weighted by Crippen LogP contribution is -2.38. The van der Waals surface area contributed by atoms with Gasteiger partial charge in [0.05, 0.1) is 13.2 Å². The Balaban J connectivity index is 2.25. The van der Waals surface area contributed by atoms with E-state index in [0.29, 0.717) is 12.1 Å². The van der Waals surface area contributed by atoms with Crippen LogP contribution in [0.1, 0.15) is 34.1 Å². The first kappa shape index (κ1) is 12.0. The molecule has 0 aromatic rings. The van der Waals surface area contributed by atoms with Gasteiger partial charge in [-0.1, -0.05) is 0 Å². The summed E-state index contributed by atoms with van der Waals surface area (Å²) in [6, 6.07) is 1.19. The van der Waals surface area contributed by atoms with Gasteiger partial charge in [-0.3, -0.25) is 4.90 Å². The third-order valence-electron chi connectivity index (χ3n) is 2.64. The van der Waals surface area contributed by atoms with Crippen LogP contribution in [-0.4, -0.2) is 43.0 Å². The fraction of sp³-hybridized carbons (Fsp3) is 1.00. The van der Waals surface area contributed by atoms with Crippen LogP contribution < -0.4 is 0 Å². The minimum Gasteiger partial charge on any atom is -0.350 e. The van der Waals surface area contributed by atoms with Crippen molar-refractivity contribution in [2.45, 2.75) is 52.5 Å². The van der Waals surface area contributed by atoms with E-state index in [9.17, 15) is 0 Å². The molecule has 1 aliphatic rings. The molecule has 0 aromatic carbocycles. The van der Waals surface area contributed by atoms with Crippen molar-refractivity contribution >= 4 is 0 Å². The second-order valence-corrected chi connectivity index (χ2v) is 4.39. The van der Waals surface area contributed by atoms with Crippen molar-refractivity contribution < 1.29 is 9.47 Å². The van der Waals surface area contributed by atoms with Crippen LogP contribution in [0.3, 0.4) is 0 Å². The van der Waals surface area contributed by atoms with Crippen molar-refractivity contribution in [1.29, 1.82) is 0 Å². The van der Waals surface area contributed by atoms with E-state index < -0.39 is 0 Å². The number of nitrogens with zero attached hydrogens (tertiary/aromatic N) is 1. The van der Waals surface area contributed by atoms with Crippen molar-refractivity contribution in [3.05, 3.63) is 0 Å². The predicted molar refractivity (Wildman–Crippen MR) is 57.3 cm³/mol. The van der Waals surface area contributed by atoms with E-state index in [2.05, 4.69) is 32.6 Å². The highest BCUT2D eigenvalue weighted by Gasteiger charge is 2.19. The van der Waals surface area contributed by atoms with Gasteiger partial charge in [-0.2, -0.15) is 0 Å². The highest BCUT2D eigenvalue weighted by atomic mass is 16.7. The van der Waals surface area contributed by atoms with Crippen LogP contribution >= 0.6 is 0 Å². The maximum Gasteiger partial charge on any atom is 0.159 e. The molecule has 14 heavy (non-hydrogen) atoms. The Morgan fingerprint density at radius 2 is 1.57 bits per heavy atom. The zero-order chi connectivity index (χ0) is 10.6. The average Bonchev–Trinajstić information content (AvgIpc) is 2.55. The summed E-state index contributed by atoms with van der Waals surface area (Å²) in [5, 5.41) is 0. The van der Waals surface area contributed by atoms with E-state index in [1.807, 2.05) is 0 Å². The first-order valence-electron chi connectivity index (χ1n) is 5.60. The number of ether oxygens (including phenoxy) is 2. The third kappa shape index (κ3) is 3.56. The normalized spacial score (nSPS) is 19.1. The summed E-state index contributed by atoms with van der Waals surface area (Å²) in [7, 11) is 0. The lowest BCUT2D eigenvalue weighted by atomic mass is 10.2. The monoisotopic (exact) mass is 201 g/mol. The zero-order valence-corrected chi connectivity index (χ0v) is 9.82. The summed E-state index contributed by atoms with van der Waals surface area (Å²) in [4.78, 5) is 2.46. The molecule has 0 spiro atoms. The molecule has 0 N–H and O–H groups in total.